The molecule has 0 saturated heterocycles. The van der Waals surface area contributed by atoms with Crippen LogP contribution in [0.4, 0.5) is 11.4 Å². The first kappa shape index (κ1) is 35.3. The molecule has 0 amide bonds. The van der Waals surface area contributed by atoms with Gasteiger partial charge in [-0.1, -0.05) is 132 Å². The number of imidazole rings is 1. The molecular formula is C57H43BN4O. The van der Waals surface area contributed by atoms with Crippen LogP contribution in [-0.4, -0.2) is 21.0 Å². The van der Waals surface area contributed by atoms with Crippen molar-refractivity contribution >= 4 is 83.9 Å². The summed E-state index contributed by atoms with van der Waals surface area (Å²) in [5, 5.41) is 4.76. The number of hydrogen-bond acceptors (Lipinski definition) is 3. The predicted octanol–water partition coefficient (Wildman–Crippen LogP) is 13.1. The van der Waals surface area contributed by atoms with Gasteiger partial charge in [-0.25, -0.2) is 4.98 Å². The van der Waals surface area contributed by atoms with Crippen molar-refractivity contribution in [2.24, 2.45) is 7.05 Å². The smallest absolute Gasteiger partial charge is 0.333 e. The zero-order valence-electron chi connectivity index (χ0n) is 36.2. The molecule has 0 unspecified atom stereocenters. The molecule has 8 aromatic carbocycles. The molecule has 3 aliphatic rings. The largest absolute Gasteiger partial charge is 0.456 e. The molecule has 0 spiro atoms. The summed E-state index contributed by atoms with van der Waals surface area (Å²) < 4.78 is 11.4. The zero-order chi connectivity index (χ0) is 42.3. The first-order valence-corrected chi connectivity index (χ1v) is 22.2. The van der Waals surface area contributed by atoms with Crippen molar-refractivity contribution in [3.05, 3.63) is 168 Å². The second-order valence-corrected chi connectivity index (χ2v) is 19.6. The summed E-state index contributed by atoms with van der Waals surface area (Å²) in [5.74, 6) is 0.957. The molecule has 3 aromatic heterocycles. The number of para-hydroxylation sites is 1. The number of furan rings is 1. The summed E-state index contributed by atoms with van der Waals surface area (Å²) in [5.41, 5.74) is 22.7. The van der Waals surface area contributed by atoms with Gasteiger partial charge in [0.15, 0.2) is 0 Å². The van der Waals surface area contributed by atoms with Crippen LogP contribution in [0.15, 0.2) is 156 Å². The van der Waals surface area contributed by atoms with E-state index in [9.17, 15) is 0 Å². The quantitative estimate of drug-likeness (QED) is 0.163. The lowest BCUT2D eigenvalue weighted by Crippen LogP contribution is -2.60. The van der Waals surface area contributed by atoms with Crippen LogP contribution in [0, 0.1) is 0 Å². The van der Waals surface area contributed by atoms with Crippen LogP contribution in [0.3, 0.4) is 0 Å². The van der Waals surface area contributed by atoms with Crippen molar-refractivity contribution in [1.82, 2.24) is 14.1 Å². The highest BCUT2D eigenvalue weighted by atomic mass is 16.3. The Labute approximate surface area is 365 Å². The van der Waals surface area contributed by atoms with Crippen LogP contribution in [0.1, 0.15) is 51.3 Å². The number of aromatic nitrogens is 3. The van der Waals surface area contributed by atoms with Crippen molar-refractivity contribution < 1.29 is 4.42 Å². The molecule has 63 heavy (non-hydrogen) atoms. The Morgan fingerprint density at radius 3 is 2.19 bits per heavy atom. The van der Waals surface area contributed by atoms with E-state index in [2.05, 4.69) is 207 Å². The van der Waals surface area contributed by atoms with E-state index in [0.29, 0.717) is 0 Å². The van der Waals surface area contributed by atoms with Crippen LogP contribution < -0.4 is 15.7 Å². The second kappa shape index (κ2) is 11.8. The molecule has 5 heterocycles. The molecule has 0 atom stereocenters. The van der Waals surface area contributed by atoms with Gasteiger partial charge in [0.05, 0.1) is 22.1 Å². The first-order valence-electron chi connectivity index (χ1n) is 22.2. The van der Waals surface area contributed by atoms with Crippen LogP contribution in [0.25, 0.3) is 94.1 Å². The third-order valence-corrected chi connectivity index (χ3v) is 14.9. The van der Waals surface area contributed by atoms with E-state index in [1.54, 1.807) is 0 Å². The average Bonchev–Trinajstić information content (AvgIpc) is 4.00. The van der Waals surface area contributed by atoms with E-state index in [0.717, 1.165) is 49.9 Å². The van der Waals surface area contributed by atoms with Crippen LogP contribution in [0.5, 0.6) is 0 Å². The topological polar surface area (TPSA) is 39.1 Å². The lowest BCUT2D eigenvalue weighted by Gasteiger charge is -2.42. The molecule has 0 saturated carbocycles. The molecule has 6 heteroatoms. The molecule has 300 valence electrons. The molecule has 0 fully saturated rings. The lowest BCUT2D eigenvalue weighted by atomic mass is 9.44. The summed E-state index contributed by atoms with van der Waals surface area (Å²) in [6.07, 6.45) is 0. The van der Waals surface area contributed by atoms with E-state index in [1.165, 1.54) is 83.2 Å². The number of anilines is 2. The maximum Gasteiger partial charge on any atom is 0.333 e. The monoisotopic (exact) mass is 810 g/mol. The summed E-state index contributed by atoms with van der Waals surface area (Å²) >= 11 is 0. The number of rotatable bonds is 2. The van der Waals surface area contributed by atoms with Gasteiger partial charge in [-0.2, -0.15) is 0 Å². The molecule has 2 aliphatic heterocycles. The summed E-state index contributed by atoms with van der Waals surface area (Å²) in [4.78, 5) is 8.07. The molecular weight excluding hydrogens is 767 g/mol. The highest BCUT2D eigenvalue weighted by Gasteiger charge is 2.46. The molecule has 0 bridgehead atoms. The number of hydrogen-bond donors (Lipinski definition) is 0. The van der Waals surface area contributed by atoms with E-state index in [-0.39, 0.29) is 17.7 Å². The maximum absolute atomic E-state index is 6.62. The summed E-state index contributed by atoms with van der Waals surface area (Å²) in [6, 6.07) is 56.7. The molecule has 11 aromatic rings. The van der Waals surface area contributed by atoms with Gasteiger partial charge < -0.3 is 18.4 Å². The molecule has 0 N–H and O–H groups in total. The van der Waals surface area contributed by atoms with Gasteiger partial charge in [0.2, 0.25) is 0 Å². The highest BCUT2D eigenvalue weighted by molar-refractivity contribution is 6.93. The van der Waals surface area contributed by atoms with Gasteiger partial charge >= 0.3 is 6.85 Å². The van der Waals surface area contributed by atoms with Gasteiger partial charge in [0.25, 0.3) is 0 Å². The minimum Gasteiger partial charge on any atom is -0.456 e. The number of benzene rings is 8. The van der Waals surface area contributed by atoms with E-state index >= 15 is 0 Å². The van der Waals surface area contributed by atoms with E-state index < -0.39 is 0 Å². The standard InChI is InChI=1S/C57H43BN4O/c1-56(2,3)33-20-22-34(23-21-33)62-48-28-44-39(35-16-10-12-18-43(35)57(44,4)5)26-40(48)37-24-25-38-41-27-42-36-17-11-13-19-51(36)63-52(42)31-47(41)61-49-30-50-46(29-45(49)58(62)53(37)54(38)61)59-55(60(50)6)32-14-8-7-9-15-32/h7-31H,1-6H3. The molecule has 5 nitrogen and oxygen atoms in total. The fourth-order valence-electron chi connectivity index (χ4n) is 11.7. The highest BCUT2D eigenvalue weighted by Crippen LogP contribution is 2.54. The minimum absolute atomic E-state index is 0.0255. The number of aryl methyl sites for hydroxylation is 1. The van der Waals surface area contributed by atoms with Gasteiger partial charge in [0, 0.05) is 68.3 Å². The Hall–Kier alpha value is -7.31. The van der Waals surface area contributed by atoms with Gasteiger partial charge in [-0.05, 0) is 98.3 Å². The fourth-order valence-corrected chi connectivity index (χ4v) is 11.7. The second-order valence-electron chi connectivity index (χ2n) is 19.6. The van der Waals surface area contributed by atoms with Crippen molar-refractivity contribution in [2.75, 3.05) is 4.81 Å². The van der Waals surface area contributed by atoms with Crippen LogP contribution in [0.2, 0.25) is 0 Å². The Kier molecular flexibility index (Phi) is 6.60. The van der Waals surface area contributed by atoms with Crippen molar-refractivity contribution in [2.45, 2.75) is 45.4 Å². The van der Waals surface area contributed by atoms with Crippen LogP contribution in [-0.2, 0) is 17.9 Å². The Balaban J connectivity index is 1.14. The van der Waals surface area contributed by atoms with Crippen molar-refractivity contribution in [1.29, 1.82) is 0 Å². The minimum atomic E-state index is -0.154. The number of nitrogens with zero attached hydrogens (tertiary/aromatic N) is 4. The number of fused-ring (bicyclic) bond motifs is 15. The Bertz CT molecular complexity index is 3820. The van der Waals surface area contributed by atoms with Crippen LogP contribution >= 0.6 is 0 Å². The third-order valence-electron chi connectivity index (χ3n) is 14.9. The zero-order valence-corrected chi connectivity index (χ0v) is 36.2. The van der Waals surface area contributed by atoms with Gasteiger partial charge in [-0.3, -0.25) is 0 Å². The Morgan fingerprint density at radius 1 is 0.587 bits per heavy atom. The van der Waals surface area contributed by atoms with Gasteiger partial charge in [0.1, 0.15) is 17.0 Å². The third kappa shape index (κ3) is 4.50. The molecule has 0 radical (unpaired) electrons. The molecule has 1 aliphatic carbocycles. The van der Waals surface area contributed by atoms with E-state index in [1.807, 2.05) is 0 Å². The Morgan fingerprint density at radius 2 is 1.37 bits per heavy atom. The summed E-state index contributed by atoms with van der Waals surface area (Å²) in [7, 11) is 2.15. The molecule has 14 rings (SSSR count). The van der Waals surface area contributed by atoms with Crippen molar-refractivity contribution in [3.8, 4) is 39.3 Å². The maximum atomic E-state index is 6.62. The average molecular weight is 811 g/mol. The van der Waals surface area contributed by atoms with Gasteiger partial charge in [-0.15, -0.1) is 0 Å². The van der Waals surface area contributed by atoms with Crippen molar-refractivity contribution in [3.63, 3.8) is 0 Å². The normalized spacial score (nSPS) is 14.6. The SMILES string of the molecule is Cn1c(-c2ccccc2)nc2cc3c(cc21)-n1c2cc4oc5ccccc5c4cc2c2ccc4c(c21)B3N(c1ccc(C(C)(C)C)cc1)c1cc2c(cc1-4)-c1ccccc1C2(C)C. The fraction of sp³-hybridized carbons (Fsp3) is 0.140. The van der Waals surface area contributed by atoms with E-state index in [4.69, 9.17) is 9.40 Å². The first-order chi connectivity index (χ1) is 30.5. The lowest BCUT2D eigenvalue weighted by molar-refractivity contribution is 0.590. The predicted molar refractivity (Wildman–Crippen MR) is 263 cm³/mol. The summed E-state index contributed by atoms with van der Waals surface area (Å²) in [6.45, 7) is 11.5.